The molecule has 0 amide bonds. The molecule has 0 bridgehead atoms. The lowest BCUT2D eigenvalue weighted by atomic mass is 9.49. The lowest BCUT2D eigenvalue weighted by molar-refractivity contribution is 0.682. The van der Waals surface area contributed by atoms with E-state index in [1.54, 1.807) is 0 Å². The molecule has 1 atom stereocenters. The Morgan fingerprint density at radius 1 is 0.947 bits per heavy atom. The highest BCUT2D eigenvalue weighted by Crippen LogP contribution is 2.11. The van der Waals surface area contributed by atoms with Crippen molar-refractivity contribution >= 4 is 23.0 Å². The molecule has 1 unspecified atom stereocenters. The fraction of sp³-hybridized carbons (Fsp3) is 0.250. The number of benzene rings is 2. The van der Waals surface area contributed by atoms with Crippen LogP contribution in [0.2, 0.25) is 13.6 Å². The monoisotopic (exact) mass is 272 g/mol. The molecule has 2 aromatic rings. The minimum atomic E-state index is -0.952. The highest BCUT2D eigenvalue weighted by atomic mass is 32.2. The SMILES string of the molecule is C.CB(C)c1ccc(CS(=O)c2ccccc2)cc1. The molecule has 0 radical (unpaired) electrons. The van der Waals surface area contributed by atoms with Gasteiger partial charge in [0, 0.05) is 4.90 Å². The standard InChI is InChI=1S/C15H17BOS.CH4/c1-16(2)14-10-8-13(9-11-14)12-18(17)15-6-4-3-5-7-15;/h3-11H,12H2,1-2H3;1H4. The molecule has 0 saturated carbocycles. The van der Waals surface area contributed by atoms with E-state index in [1.165, 1.54) is 5.46 Å². The topological polar surface area (TPSA) is 17.1 Å². The molecule has 0 aliphatic heterocycles. The summed E-state index contributed by atoms with van der Waals surface area (Å²) >= 11 is 0. The molecule has 0 saturated heterocycles. The van der Waals surface area contributed by atoms with Gasteiger partial charge in [-0.15, -0.1) is 0 Å². The lowest BCUT2D eigenvalue weighted by Crippen LogP contribution is -2.21. The fourth-order valence-corrected chi connectivity index (χ4v) is 2.93. The second-order valence-electron chi connectivity index (χ2n) is 4.70. The summed E-state index contributed by atoms with van der Waals surface area (Å²) in [5.41, 5.74) is 2.45. The fourth-order valence-electron chi connectivity index (χ4n) is 1.81. The zero-order valence-electron chi connectivity index (χ0n) is 10.8. The average molecular weight is 272 g/mol. The van der Waals surface area contributed by atoms with Gasteiger partial charge >= 0.3 is 0 Å². The van der Waals surface area contributed by atoms with E-state index in [0.717, 1.165) is 10.5 Å². The largest absolute Gasteiger partial charge is 0.254 e. The average Bonchev–Trinajstić information content (AvgIpc) is 2.40. The molecule has 1 nitrogen and oxygen atoms in total. The van der Waals surface area contributed by atoms with Crippen molar-refractivity contribution in [1.29, 1.82) is 0 Å². The minimum Gasteiger partial charge on any atom is -0.254 e. The summed E-state index contributed by atoms with van der Waals surface area (Å²) in [5, 5.41) is 0. The molecule has 0 aliphatic carbocycles. The van der Waals surface area contributed by atoms with E-state index < -0.39 is 10.8 Å². The Morgan fingerprint density at radius 2 is 1.53 bits per heavy atom. The predicted molar refractivity (Wildman–Crippen MR) is 86.8 cm³/mol. The van der Waals surface area contributed by atoms with E-state index in [9.17, 15) is 4.21 Å². The van der Waals surface area contributed by atoms with Gasteiger partial charge in [-0.1, -0.05) is 69.0 Å². The van der Waals surface area contributed by atoms with Crippen molar-refractivity contribution in [2.75, 3.05) is 0 Å². The van der Waals surface area contributed by atoms with Gasteiger partial charge < -0.3 is 0 Å². The molecule has 2 rings (SSSR count). The number of rotatable bonds is 4. The van der Waals surface area contributed by atoms with E-state index in [2.05, 4.69) is 37.9 Å². The van der Waals surface area contributed by atoms with Gasteiger partial charge in [-0.25, -0.2) is 0 Å². The van der Waals surface area contributed by atoms with Crippen LogP contribution in [0.1, 0.15) is 13.0 Å². The van der Waals surface area contributed by atoms with Crippen LogP contribution >= 0.6 is 0 Å². The van der Waals surface area contributed by atoms with Gasteiger partial charge in [0.25, 0.3) is 0 Å². The Kier molecular flexibility index (Phi) is 6.03. The molecule has 0 spiro atoms. The molecular formula is C16H21BOS. The summed E-state index contributed by atoms with van der Waals surface area (Å²) in [6.07, 6.45) is 0. The quantitative estimate of drug-likeness (QED) is 0.777. The smallest absolute Gasteiger partial charge is 0.169 e. The van der Waals surface area contributed by atoms with Crippen LogP contribution in [0, 0.1) is 0 Å². The third-order valence-electron chi connectivity index (χ3n) is 2.95. The normalized spacial score (nSPS) is 11.5. The third kappa shape index (κ3) is 4.36. The van der Waals surface area contributed by atoms with Gasteiger partial charge in [0.15, 0.2) is 6.71 Å². The van der Waals surface area contributed by atoms with Gasteiger partial charge in [-0.2, -0.15) is 0 Å². The highest BCUT2D eigenvalue weighted by Gasteiger charge is 2.06. The van der Waals surface area contributed by atoms with E-state index in [0.29, 0.717) is 12.5 Å². The first-order valence-electron chi connectivity index (χ1n) is 6.19. The first kappa shape index (κ1) is 15.7. The summed E-state index contributed by atoms with van der Waals surface area (Å²) in [6, 6.07) is 18.0. The second kappa shape index (κ2) is 7.29. The molecule has 0 heterocycles. The molecule has 0 aromatic heterocycles. The van der Waals surface area contributed by atoms with Crippen LogP contribution in [0.4, 0.5) is 0 Å². The molecule has 19 heavy (non-hydrogen) atoms. The second-order valence-corrected chi connectivity index (χ2v) is 6.15. The zero-order valence-corrected chi connectivity index (χ0v) is 11.6. The van der Waals surface area contributed by atoms with Crippen LogP contribution in [0.25, 0.3) is 0 Å². The Morgan fingerprint density at radius 3 is 2.05 bits per heavy atom. The van der Waals surface area contributed by atoms with Crippen LogP contribution in [0.3, 0.4) is 0 Å². The zero-order chi connectivity index (χ0) is 13.0. The van der Waals surface area contributed by atoms with E-state index in [1.807, 2.05) is 30.3 Å². The molecule has 0 N–H and O–H groups in total. The van der Waals surface area contributed by atoms with Crippen molar-refractivity contribution in [3.05, 3.63) is 60.2 Å². The highest BCUT2D eigenvalue weighted by molar-refractivity contribution is 7.84. The first-order valence-corrected chi connectivity index (χ1v) is 7.51. The van der Waals surface area contributed by atoms with Gasteiger partial charge in [0.1, 0.15) is 0 Å². The third-order valence-corrected chi connectivity index (χ3v) is 4.34. The summed E-state index contributed by atoms with van der Waals surface area (Å²) in [7, 11) is -0.952. The van der Waals surface area contributed by atoms with E-state index in [-0.39, 0.29) is 7.43 Å². The van der Waals surface area contributed by atoms with Crippen LogP contribution in [0.15, 0.2) is 59.5 Å². The molecule has 0 fully saturated rings. The number of hydrogen-bond acceptors (Lipinski definition) is 1. The van der Waals surface area contributed by atoms with Crippen molar-refractivity contribution in [3.8, 4) is 0 Å². The number of hydrogen-bond donors (Lipinski definition) is 0. The Hall–Kier alpha value is -1.35. The maximum Gasteiger partial charge on any atom is 0.169 e. The van der Waals surface area contributed by atoms with Crippen molar-refractivity contribution < 1.29 is 4.21 Å². The Balaban J connectivity index is 0.00000180. The Bertz CT molecular complexity index is 520. The van der Waals surface area contributed by atoms with Crippen LogP contribution in [-0.4, -0.2) is 10.9 Å². The van der Waals surface area contributed by atoms with Gasteiger partial charge in [0.05, 0.1) is 16.6 Å². The van der Waals surface area contributed by atoms with Gasteiger partial charge in [0.2, 0.25) is 0 Å². The van der Waals surface area contributed by atoms with Crippen LogP contribution in [0.5, 0.6) is 0 Å². The van der Waals surface area contributed by atoms with Gasteiger partial charge in [-0.05, 0) is 17.7 Å². The maximum atomic E-state index is 12.1. The van der Waals surface area contributed by atoms with Crippen molar-refractivity contribution in [2.24, 2.45) is 0 Å². The van der Waals surface area contributed by atoms with Crippen LogP contribution < -0.4 is 5.46 Å². The molecule has 2 aromatic carbocycles. The Labute approximate surface area is 119 Å². The van der Waals surface area contributed by atoms with Crippen LogP contribution in [-0.2, 0) is 16.6 Å². The van der Waals surface area contributed by atoms with Crippen molar-refractivity contribution in [3.63, 3.8) is 0 Å². The molecule has 3 heteroatoms. The summed E-state index contributed by atoms with van der Waals surface area (Å²) in [6.45, 7) is 4.90. The summed E-state index contributed by atoms with van der Waals surface area (Å²) < 4.78 is 12.1. The summed E-state index contributed by atoms with van der Waals surface area (Å²) in [5.74, 6) is 0.586. The van der Waals surface area contributed by atoms with E-state index >= 15 is 0 Å². The lowest BCUT2D eigenvalue weighted by Gasteiger charge is -2.05. The molecule has 0 aliphatic rings. The maximum absolute atomic E-state index is 12.1. The summed E-state index contributed by atoms with van der Waals surface area (Å²) in [4.78, 5) is 0.894. The molecule has 100 valence electrons. The van der Waals surface area contributed by atoms with Gasteiger partial charge in [-0.3, -0.25) is 4.21 Å². The predicted octanol–water partition coefficient (Wildman–Crippen LogP) is 3.59. The molecular weight excluding hydrogens is 251 g/mol. The first-order chi connectivity index (χ1) is 8.66. The van der Waals surface area contributed by atoms with Crippen molar-refractivity contribution in [1.82, 2.24) is 0 Å². The van der Waals surface area contributed by atoms with Crippen molar-refractivity contribution in [2.45, 2.75) is 31.7 Å². The van der Waals surface area contributed by atoms with E-state index in [4.69, 9.17) is 0 Å². The minimum absolute atomic E-state index is 0.